The van der Waals surface area contributed by atoms with Crippen LogP contribution in [0.5, 0.6) is 0 Å². The van der Waals surface area contributed by atoms with Gasteiger partial charge in [0.25, 0.3) is 0 Å². The van der Waals surface area contributed by atoms with Crippen molar-refractivity contribution in [1.29, 1.82) is 0 Å². The lowest BCUT2D eigenvalue weighted by Crippen LogP contribution is -2.55. The van der Waals surface area contributed by atoms with Crippen molar-refractivity contribution in [2.24, 2.45) is 4.99 Å². The van der Waals surface area contributed by atoms with E-state index in [1.54, 1.807) is 6.92 Å². The van der Waals surface area contributed by atoms with E-state index in [-0.39, 0.29) is 5.91 Å². The Kier molecular flexibility index (Phi) is 18.3. The fourth-order valence-electron chi connectivity index (χ4n) is 5.05. The Hall–Kier alpha value is -1.16. The smallest absolute Gasteiger partial charge is 0.217 e. The zero-order valence-electron chi connectivity index (χ0n) is 22.5. The van der Waals surface area contributed by atoms with E-state index in [9.17, 15) is 4.79 Å². The van der Waals surface area contributed by atoms with Crippen LogP contribution < -0.4 is 5.32 Å². The van der Waals surface area contributed by atoms with Crippen LogP contribution in [0.25, 0.3) is 0 Å². The van der Waals surface area contributed by atoms with E-state index < -0.39 is 0 Å². The molecule has 1 aliphatic rings. The van der Waals surface area contributed by atoms with Gasteiger partial charge in [-0.2, -0.15) is 0 Å². The molecule has 1 amide bonds. The van der Waals surface area contributed by atoms with Gasteiger partial charge in [-0.25, -0.2) is 4.99 Å². The summed E-state index contributed by atoms with van der Waals surface area (Å²) in [7, 11) is 0. The summed E-state index contributed by atoms with van der Waals surface area (Å²) in [5.74, 6) is 0.0714. The molecule has 1 heterocycles. The first-order valence-electron chi connectivity index (χ1n) is 14.4. The van der Waals surface area contributed by atoms with Gasteiger partial charge in [-0.15, -0.1) is 0 Å². The standard InChI is InChI=1S/C29H55N3O/c1-4-6-7-8-9-10-11-12-13-14-15-16-17-18-19-20-21-22-23-29-31-25-27-32(29,5-2)26-24-30-28(3)33/h8-9,25,29H,4-7,10-24,26-27H2,1-3H3/p+1/b9-8+. The van der Waals surface area contributed by atoms with Crippen molar-refractivity contribution in [3.05, 3.63) is 12.2 Å². The number of amides is 1. The Balaban J connectivity index is 1.92. The van der Waals surface area contributed by atoms with Crippen LogP contribution in [0.1, 0.15) is 130 Å². The molecule has 0 saturated carbocycles. The molecule has 0 aliphatic carbocycles. The molecule has 4 nitrogen and oxygen atoms in total. The summed E-state index contributed by atoms with van der Waals surface area (Å²) in [6.07, 6.45) is 30.4. The molecule has 2 atom stereocenters. The second-order valence-corrected chi connectivity index (χ2v) is 10.2. The van der Waals surface area contributed by atoms with Crippen molar-refractivity contribution < 1.29 is 9.28 Å². The van der Waals surface area contributed by atoms with Crippen LogP contribution in [0.2, 0.25) is 0 Å². The van der Waals surface area contributed by atoms with Crippen molar-refractivity contribution in [3.8, 4) is 0 Å². The molecule has 33 heavy (non-hydrogen) atoms. The van der Waals surface area contributed by atoms with Gasteiger partial charge in [-0.3, -0.25) is 9.28 Å². The molecule has 1 aliphatic heterocycles. The van der Waals surface area contributed by atoms with Crippen LogP contribution in [0.15, 0.2) is 17.1 Å². The Morgan fingerprint density at radius 2 is 1.42 bits per heavy atom. The van der Waals surface area contributed by atoms with Crippen LogP contribution in [-0.2, 0) is 4.79 Å². The van der Waals surface area contributed by atoms with Crippen LogP contribution in [0.3, 0.4) is 0 Å². The average molecular weight is 463 g/mol. The molecule has 0 aromatic rings. The Labute approximate surface area is 206 Å². The molecule has 1 rings (SSSR count). The Bertz CT molecular complexity index is 531. The highest BCUT2D eigenvalue weighted by Gasteiger charge is 2.37. The minimum atomic E-state index is 0.0714. The number of nitrogens with one attached hydrogen (secondary N) is 1. The normalized spacial score (nSPS) is 20.2. The second kappa shape index (κ2) is 20.2. The molecular weight excluding hydrogens is 406 g/mol. The summed E-state index contributed by atoms with van der Waals surface area (Å²) in [6.45, 7) is 10.0. The number of carbonyl (C=O) groups is 1. The van der Waals surface area contributed by atoms with E-state index in [2.05, 4.69) is 37.5 Å². The average Bonchev–Trinajstić information content (AvgIpc) is 3.21. The maximum Gasteiger partial charge on any atom is 0.217 e. The predicted octanol–water partition coefficient (Wildman–Crippen LogP) is 7.58. The van der Waals surface area contributed by atoms with Gasteiger partial charge < -0.3 is 5.32 Å². The van der Waals surface area contributed by atoms with Crippen molar-refractivity contribution >= 4 is 12.1 Å². The number of hydrogen-bond donors (Lipinski definition) is 1. The van der Waals surface area contributed by atoms with Gasteiger partial charge >= 0.3 is 0 Å². The van der Waals surface area contributed by atoms with E-state index >= 15 is 0 Å². The van der Waals surface area contributed by atoms with Crippen LogP contribution in [0.4, 0.5) is 0 Å². The maximum absolute atomic E-state index is 11.2. The van der Waals surface area contributed by atoms with Crippen LogP contribution in [0, 0.1) is 0 Å². The van der Waals surface area contributed by atoms with Crippen LogP contribution >= 0.6 is 0 Å². The molecule has 4 heteroatoms. The number of carbonyl (C=O) groups excluding carboxylic acids is 1. The molecule has 192 valence electrons. The van der Waals surface area contributed by atoms with E-state index in [1.165, 1.54) is 109 Å². The molecule has 0 saturated heterocycles. The van der Waals surface area contributed by atoms with Gasteiger partial charge in [-0.05, 0) is 32.6 Å². The third kappa shape index (κ3) is 14.7. The van der Waals surface area contributed by atoms with Gasteiger partial charge in [-0.1, -0.05) is 96.1 Å². The number of nitrogens with zero attached hydrogens (tertiary/aromatic N) is 2. The maximum atomic E-state index is 11.2. The predicted molar refractivity (Wildman–Crippen MR) is 145 cm³/mol. The van der Waals surface area contributed by atoms with Crippen molar-refractivity contribution in [3.63, 3.8) is 0 Å². The van der Waals surface area contributed by atoms with Gasteiger partial charge in [0, 0.05) is 13.3 Å². The van der Waals surface area contributed by atoms with Crippen LogP contribution in [-0.4, -0.2) is 48.9 Å². The zero-order valence-corrected chi connectivity index (χ0v) is 22.5. The number of quaternary nitrogens is 1. The monoisotopic (exact) mass is 462 g/mol. The SMILES string of the molecule is CCCC/C=C/CCCCCCCCCCCCCCC1N=CC[N+]1(CC)CCNC(C)=O. The van der Waals surface area contributed by atoms with E-state index in [0.29, 0.717) is 6.17 Å². The van der Waals surface area contributed by atoms with Gasteiger partial charge in [0.1, 0.15) is 6.54 Å². The summed E-state index contributed by atoms with van der Waals surface area (Å²) in [6, 6.07) is 0. The van der Waals surface area contributed by atoms with E-state index in [4.69, 9.17) is 4.99 Å². The highest BCUT2D eigenvalue weighted by molar-refractivity contribution is 5.72. The van der Waals surface area contributed by atoms with E-state index in [0.717, 1.165) is 30.7 Å². The minimum Gasteiger partial charge on any atom is -0.351 e. The lowest BCUT2D eigenvalue weighted by molar-refractivity contribution is -0.935. The molecule has 0 radical (unpaired) electrons. The number of aliphatic imine (C=N–C) groups is 1. The summed E-state index contributed by atoms with van der Waals surface area (Å²) in [5.41, 5.74) is 0. The number of likely N-dealkylation sites (N-methyl/N-ethyl adjacent to an activating group) is 1. The van der Waals surface area contributed by atoms with Gasteiger partial charge in [0.2, 0.25) is 5.91 Å². The molecule has 0 aromatic heterocycles. The number of allylic oxidation sites excluding steroid dienone is 2. The largest absolute Gasteiger partial charge is 0.351 e. The zero-order chi connectivity index (χ0) is 24.0. The lowest BCUT2D eigenvalue weighted by atomic mass is 10.0. The van der Waals surface area contributed by atoms with Crippen molar-refractivity contribution in [2.75, 3.05) is 26.2 Å². The van der Waals surface area contributed by atoms with Gasteiger partial charge in [0.05, 0.1) is 25.8 Å². The first kappa shape index (κ1) is 29.9. The molecule has 0 spiro atoms. The summed E-state index contributed by atoms with van der Waals surface area (Å²) < 4.78 is 1.02. The second-order valence-electron chi connectivity index (χ2n) is 10.2. The lowest BCUT2D eigenvalue weighted by Gasteiger charge is -2.38. The topological polar surface area (TPSA) is 41.5 Å². The van der Waals surface area contributed by atoms with Crippen molar-refractivity contribution in [2.45, 2.75) is 136 Å². The third-order valence-electron chi connectivity index (χ3n) is 7.39. The molecule has 2 unspecified atom stereocenters. The quantitative estimate of drug-likeness (QED) is 0.101. The molecular formula is C29H56N3O+. The highest BCUT2D eigenvalue weighted by atomic mass is 16.1. The fraction of sp³-hybridized carbons (Fsp3) is 0.862. The molecule has 0 bridgehead atoms. The molecule has 0 aromatic carbocycles. The Morgan fingerprint density at radius 1 is 0.879 bits per heavy atom. The third-order valence-corrected chi connectivity index (χ3v) is 7.39. The summed E-state index contributed by atoms with van der Waals surface area (Å²) in [4.78, 5) is 16.0. The number of unbranched alkanes of at least 4 members (excludes halogenated alkanes) is 14. The highest BCUT2D eigenvalue weighted by Crippen LogP contribution is 2.24. The number of hydrogen-bond acceptors (Lipinski definition) is 2. The summed E-state index contributed by atoms with van der Waals surface area (Å²) >= 11 is 0. The van der Waals surface area contributed by atoms with E-state index in [1.807, 2.05) is 0 Å². The molecule has 1 N–H and O–H groups in total. The van der Waals surface area contributed by atoms with Crippen molar-refractivity contribution in [1.82, 2.24) is 5.32 Å². The Morgan fingerprint density at radius 3 is 1.97 bits per heavy atom. The number of rotatable bonds is 22. The minimum absolute atomic E-state index is 0.0714. The molecule has 0 fully saturated rings. The van der Waals surface area contributed by atoms with Gasteiger partial charge in [0.15, 0.2) is 6.17 Å². The summed E-state index contributed by atoms with van der Waals surface area (Å²) in [5, 5.41) is 2.97. The first-order valence-corrected chi connectivity index (χ1v) is 14.4. The first-order chi connectivity index (χ1) is 16.1. The fourth-order valence-corrected chi connectivity index (χ4v) is 5.05.